The first-order valence-corrected chi connectivity index (χ1v) is 7.44. The highest BCUT2D eigenvalue weighted by molar-refractivity contribution is 6.31. The molecule has 0 radical (unpaired) electrons. The molecule has 1 aliphatic carbocycles. The Morgan fingerprint density at radius 2 is 2.05 bits per heavy atom. The second-order valence-electron chi connectivity index (χ2n) is 5.32. The van der Waals surface area contributed by atoms with Gasteiger partial charge in [-0.05, 0) is 30.9 Å². The van der Waals surface area contributed by atoms with Crippen molar-refractivity contribution >= 4 is 23.6 Å². The molecule has 2 atom stereocenters. The summed E-state index contributed by atoms with van der Waals surface area (Å²) in [5.41, 5.74) is 0.848. The molecule has 2 rings (SSSR count). The van der Waals surface area contributed by atoms with Crippen LogP contribution in [0.2, 0.25) is 5.02 Å². The zero-order chi connectivity index (χ0) is 15.2. The van der Waals surface area contributed by atoms with E-state index in [4.69, 9.17) is 16.7 Å². The highest BCUT2D eigenvalue weighted by atomic mass is 35.5. The number of halogens is 1. The van der Waals surface area contributed by atoms with Gasteiger partial charge in [-0.15, -0.1) is 0 Å². The Kier molecular flexibility index (Phi) is 5.44. The summed E-state index contributed by atoms with van der Waals surface area (Å²) in [7, 11) is 0. The lowest BCUT2D eigenvalue weighted by Crippen LogP contribution is -2.44. The number of carbonyl (C=O) groups is 2. The van der Waals surface area contributed by atoms with Crippen LogP contribution in [0.25, 0.3) is 0 Å². The van der Waals surface area contributed by atoms with Crippen molar-refractivity contribution in [3.8, 4) is 0 Å². The molecule has 1 saturated carbocycles. The minimum atomic E-state index is -0.780. The van der Waals surface area contributed by atoms with Crippen molar-refractivity contribution in [2.75, 3.05) is 0 Å². The van der Waals surface area contributed by atoms with Crippen LogP contribution in [0.15, 0.2) is 24.3 Å². The largest absolute Gasteiger partial charge is 0.481 e. The fourth-order valence-electron chi connectivity index (χ4n) is 2.60. The molecule has 6 heteroatoms. The Hall–Kier alpha value is -1.75. The van der Waals surface area contributed by atoms with E-state index < -0.39 is 5.97 Å². The van der Waals surface area contributed by atoms with Gasteiger partial charge in [-0.25, -0.2) is 4.79 Å². The molecule has 2 amide bonds. The summed E-state index contributed by atoms with van der Waals surface area (Å²) < 4.78 is 0. The Bertz CT molecular complexity index is 521. The highest BCUT2D eigenvalue weighted by Gasteiger charge is 2.27. The number of aliphatic carboxylic acids is 1. The van der Waals surface area contributed by atoms with Gasteiger partial charge in [0.25, 0.3) is 0 Å². The molecule has 0 aliphatic heterocycles. The van der Waals surface area contributed by atoms with E-state index in [9.17, 15) is 9.59 Å². The monoisotopic (exact) mass is 310 g/mol. The summed E-state index contributed by atoms with van der Waals surface area (Å²) in [6, 6.07) is 6.95. The van der Waals surface area contributed by atoms with Crippen molar-refractivity contribution in [3.05, 3.63) is 34.9 Å². The molecule has 0 spiro atoms. The smallest absolute Gasteiger partial charge is 0.315 e. The molecule has 0 heterocycles. The molecular formula is C15H19ClN2O3. The van der Waals surface area contributed by atoms with Crippen LogP contribution in [0.3, 0.4) is 0 Å². The van der Waals surface area contributed by atoms with E-state index in [0.717, 1.165) is 18.4 Å². The third-order valence-corrected chi connectivity index (χ3v) is 4.12. The number of hydrogen-bond donors (Lipinski definition) is 3. The van der Waals surface area contributed by atoms with Crippen LogP contribution < -0.4 is 10.6 Å². The highest BCUT2D eigenvalue weighted by Crippen LogP contribution is 2.24. The number of carboxylic acids is 1. The zero-order valence-corrected chi connectivity index (χ0v) is 12.4. The van der Waals surface area contributed by atoms with Crippen LogP contribution in [0, 0.1) is 5.92 Å². The van der Waals surface area contributed by atoms with Gasteiger partial charge in [0.05, 0.1) is 5.92 Å². The number of amides is 2. The van der Waals surface area contributed by atoms with Gasteiger partial charge in [-0.3, -0.25) is 4.79 Å². The molecule has 5 nitrogen and oxygen atoms in total. The molecule has 21 heavy (non-hydrogen) atoms. The van der Waals surface area contributed by atoms with Crippen LogP contribution in [-0.4, -0.2) is 23.1 Å². The van der Waals surface area contributed by atoms with Gasteiger partial charge < -0.3 is 15.7 Å². The van der Waals surface area contributed by atoms with E-state index >= 15 is 0 Å². The van der Waals surface area contributed by atoms with Crippen molar-refractivity contribution in [1.82, 2.24) is 10.6 Å². The summed E-state index contributed by atoms with van der Waals surface area (Å²) in [6.07, 6.45) is 2.83. The number of benzene rings is 1. The summed E-state index contributed by atoms with van der Waals surface area (Å²) in [5.74, 6) is -1.13. The number of hydrogen-bond acceptors (Lipinski definition) is 2. The Balaban J connectivity index is 1.79. The minimum absolute atomic E-state index is 0.0777. The van der Waals surface area contributed by atoms with Crippen molar-refractivity contribution in [2.24, 2.45) is 5.92 Å². The van der Waals surface area contributed by atoms with Gasteiger partial charge >= 0.3 is 12.0 Å². The van der Waals surface area contributed by atoms with Gasteiger partial charge in [0.1, 0.15) is 0 Å². The lowest BCUT2D eigenvalue weighted by Gasteiger charge is -2.27. The van der Waals surface area contributed by atoms with Gasteiger partial charge in [0.15, 0.2) is 0 Å². The second kappa shape index (κ2) is 7.31. The van der Waals surface area contributed by atoms with Gasteiger partial charge in [-0.1, -0.05) is 36.2 Å². The zero-order valence-electron chi connectivity index (χ0n) is 11.6. The molecule has 2 unspecified atom stereocenters. The van der Waals surface area contributed by atoms with Crippen LogP contribution >= 0.6 is 11.6 Å². The molecular weight excluding hydrogens is 292 g/mol. The Labute approximate surface area is 128 Å². The molecule has 1 aromatic rings. The van der Waals surface area contributed by atoms with Crippen molar-refractivity contribution in [2.45, 2.75) is 38.3 Å². The first kappa shape index (κ1) is 15.6. The van der Waals surface area contributed by atoms with E-state index in [0.29, 0.717) is 24.4 Å². The van der Waals surface area contributed by atoms with Crippen LogP contribution in [0.4, 0.5) is 4.79 Å². The van der Waals surface area contributed by atoms with Gasteiger partial charge in [0.2, 0.25) is 0 Å². The second-order valence-corrected chi connectivity index (χ2v) is 5.72. The molecule has 0 saturated heterocycles. The average molecular weight is 311 g/mol. The first-order chi connectivity index (χ1) is 10.1. The number of rotatable bonds is 4. The summed E-state index contributed by atoms with van der Waals surface area (Å²) in [6.45, 7) is 0.348. The Morgan fingerprint density at radius 3 is 2.76 bits per heavy atom. The maximum Gasteiger partial charge on any atom is 0.315 e. The standard InChI is InChI=1S/C15H19ClN2O3/c16-13-7-2-1-4-11(13)9-17-15(21)18-12-6-3-5-10(8-12)14(19)20/h1-2,4,7,10,12H,3,5-6,8-9H2,(H,19,20)(H2,17,18,21). The maximum atomic E-state index is 11.9. The molecule has 0 aromatic heterocycles. The van der Waals surface area contributed by atoms with E-state index in [-0.39, 0.29) is 18.0 Å². The predicted octanol–water partition coefficient (Wildman–Crippen LogP) is 2.78. The Morgan fingerprint density at radius 1 is 1.29 bits per heavy atom. The van der Waals surface area contributed by atoms with Crippen molar-refractivity contribution in [1.29, 1.82) is 0 Å². The molecule has 1 aromatic carbocycles. The summed E-state index contributed by atoms with van der Waals surface area (Å²) in [4.78, 5) is 22.9. The van der Waals surface area contributed by atoms with Gasteiger partial charge in [0, 0.05) is 17.6 Å². The van der Waals surface area contributed by atoms with E-state index in [1.54, 1.807) is 6.07 Å². The number of carboxylic acid groups (broad SMARTS) is 1. The lowest BCUT2D eigenvalue weighted by molar-refractivity contribution is -0.143. The number of carbonyl (C=O) groups excluding carboxylic acids is 1. The minimum Gasteiger partial charge on any atom is -0.481 e. The van der Waals surface area contributed by atoms with Crippen molar-refractivity contribution < 1.29 is 14.7 Å². The average Bonchev–Trinajstić information content (AvgIpc) is 2.46. The van der Waals surface area contributed by atoms with E-state index in [2.05, 4.69) is 10.6 Å². The summed E-state index contributed by atoms with van der Waals surface area (Å²) in [5, 5.41) is 15.2. The SMILES string of the molecule is O=C(NCc1ccccc1Cl)NC1CCCC(C(=O)O)C1. The van der Waals surface area contributed by atoms with Gasteiger partial charge in [-0.2, -0.15) is 0 Å². The normalized spacial score (nSPS) is 21.6. The quantitative estimate of drug-likeness (QED) is 0.800. The molecule has 3 N–H and O–H groups in total. The van der Waals surface area contributed by atoms with Crippen LogP contribution in [-0.2, 0) is 11.3 Å². The fourth-order valence-corrected chi connectivity index (χ4v) is 2.80. The number of urea groups is 1. The molecule has 1 fully saturated rings. The lowest BCUT2D eigenvalue weighted by atomic mass is 9.86. The van der Waals surface area contributed by atoms with Crippen molar-refractivity contribution in [3.63, 3.8) is 0 Å². The maximum absolute atomic E-state index is 11.9. The van der Waals surface area contributed by atoms with Crippen LogP contribution in [0.5, 0.6) is 0 Å². The predicted molar refractivity (Wildman–Crippen MR) is 80.2 cm³/mol. The van der Waals surface area contributed by atoms with E-state index in [1.807, 2.05) is 18.2 Å². The van der Waals surface area contributed by atoms with E-state index in [1.165, 1.54) is 0 Å². The third kappa shape index (κ3) is 4.63. The summed E-state index contributed by atoms with van der Waals surface area (Å²) >= 11 is 6.02. The number of nitrogens with one attached hydrogen (secondary N) is 2. The van der Waals surface area contributed by atoms with Crippen LogP contribution in [0.1, 0.15) is 31.2 Å². The molecule has 114 valence electrons. The first-order valence-electron chi connectivity index (χ1n) is 7.07. The molecule has 0 bridgehead atoms. The fraction of sp³-hybridized carbons (Fsp3) is 0.467. The molecule has 1 aliphatic rings. The third-order valence-electron chi connectivity index (χ3n) is 3.76. The topological polar surface area (TPSA) is 78.4 Å².